The van der Waals surface area contributed by atoms with Gasteiger partial charge in [0.15, 0.2) is 0 Å². The van der Waals surface area contributed by atoms with E-state index >= 15 is 0 Å². The Balaban J connectivity index is 2.39. The highest BCUT2D eigenvalue weighted by molar-refractivity contribution is 5.94. The van der Waals surface area contributed by atoms with Crippen LogP contribution in [0, 0.1) is 5.82 Å². The van der Waals surface area contributed by atoms with Crippen molar-refractivity contribution < 1.29 is 19.4 Å². The van der Waals surface area contributed by atoms with Crippen LogP contribution in [-0.2, 0) is 0 Å². The quantitative estimate of drug-likeness (QED) is 0.871. The summed E-state index contributed by atoms with van der Waals surface area (Å²) in [6, 6.07) is 4.19. The molecule has 20 heavy (non-hydrogen) atoms. The summed E-state index contributed by atoms with van der Waals surface area (Å²) < 4.78 is 14.2. The van der Waals surface area contributed by atoms with Gasteiger partial charge in [0.25, 0.3) is 0 Å². The van der Waals surface area contributed by atoms with Crippen LogP contribution in [0.25, 0.3) is 0 Å². The second kappa shape index (κ2) is 6.70. The predicted molar refractivity (Wildman–Crippen MR) is 74.7 cm³/mol. The topological polar surface area (TPSA) is 60.8 Å². The van der Waals surface area contributed by atoms with Gasteiger partial charge in [-0.25, -0.2) is 9.18 Å². The van der Waals surface area contributed by atoms with Crippen LogP contribution < -0.4 is 4.90 Å². The van der Waals surface area contributed by atoms with E-state index in [0.29, 0.717) is 0 Å². The Bertz CT molecular complexity index is 472. The molecule has 0 radical (unpaired) electrons. The Morgan fingerprint density at radius 1 is 1.30 bits per heavy atom. The Morgan fingerprint density at radius 3 is 2.60 bits per heavy atom. The van der Waals surface area contributed by atoms with E-state index in [0.717, 1.165) is 32.1 Å². The number of para-hydroxylation sites is 1. The monoisotopic (exact) mass is 281 g/mol. The molecule has 1 fully saturated rings. The van der Waals surface area contributed by atoms with Gasteiger partial charge in [0.1, 0.15) is 5.82 Å². The van der Waals surface area contributed by atoms with E-state index in [1.807, 2.05) is 0 Å². The first kappa shape index (κ1) is 14.8. The van der Waals surface area contributed by atoms with E-state index < -0.39 is 11.8 Å². The largest absolute Gasteiger partial charge is 0.478 e. The lowest BCUT2D eigenvalue weighted by atomic mass is 9.93. The highest BCUT2D eigenvalue weighted by atomic mass is 19.1. The molecule has 0 heterocycles. The second-order valence-corrected chi connectivity index (χ2v) is 5.15. The van der Waals surface area contributed by atoms with Crippen molar-refractivity contribution in [2.45, 2.75) is 38.1 Å². The van der Waals surface area contributed by atoms with Crippen LogP contribution in [-0.4, -0.2) is 35.4 Å². The number of carboxylic acids is 1. The molecule has 4 nitrogen and oxygen atoms in total. The van der Waals surface area contributed by atoms with Gasteiger partial charge in [-0.3, -0.25) is 0 Å². The maximum Gasteiger partial charge on any atom is 0.337 e. The third-order valence-electron chi connectivity index (χ3n) is 3.86. The molecule has 1 aromatic rings. The maximum atomic E-state index is 14.2. The number of hydrogen-bond donors (Lipinski definition) is 2. The minimum atomic E-state index is -1.14. The van der Waals surface area contributed by atoms with Crippen LogP contribution in [0.5, 0.6) is 0 Å². The lowest BCUT2D eigenvalue weighted by Crippen LogP contribution is -2.40. The second-order valence-electron chi connectivity index (χ2n) is 5.15. The molecule has 0 spiro atoms. The number of carbonyl (C=O) groups is 1. The van der Waals surface area contributed by atoms with Crippen LogP contribution in [0.4, 0.5) is 10.1 Å². The molecule has 0 aliphatic heterocycles. The van der Waals surface area contributed by atoms with Gasteiger partial charge < -0.3 is 15.1 Å². The number of halogens is 1. The van der Waals surface area contributed by atoms with Crippen molar-refractivity contribution in [3.05, 3.63) is 29.6 Å². The molecule has 1 aliphatic rings. The summed E-state index contributed by atoms with van der Waals surface area (Å²) in [6.07, 6.45) is 5.10. The third-order valence-corrected chi connectivity index (χ3v) is 3.86. The molecular formula is C15H20FNO3. The molecule has 0 amide bonds. The highest BCUT2D eigenvalue weighted by Gasteiger charge is 2.27. The fourth-order valence-electron chi connectivity index (χ4n) is 2.96. The Hall–Kier alpha value is -1.62. The number of aliphatic hydroxyl groups excluding tert-OH is 1. The average molecular weight is 281 g/mol. The summed E-state index contributed by atoms with van der Waals surface area (Å²) in [7, 11) is 0. The molecule has 110 valence electrons. The fourth-order valence-corrected chi connectivity index (χ4v) is 2.96. The van der Waals surface area contributed by atoms with Gasteiger partial charge in [0.05, 0.1) is 17.9 Å². The van der Waals surface area contributed by atoms with E-state index in [1.54, 1.807) is 4.90 Å². The van der Waals surface area contributed by atoms with Gasteiger partial charge in [-0.2, -0.15) is 0 Å². The molecular weight excluding hydrogens is 261 g/mol. The van der Waals surface area contributed by atoms with Crippen LogP contribution in [0.3, 0.4) is 0 Å². The minimum absolute atomic E-state index is 0.0379. The molecule has 1 aromatic carbocycles. The number of nitrogens with zero attached hydrogens (tertiary/aromatic N) is 1. The Morgan fingerprint density at radius 2 is 2.00 bits per heavy atom. The third kappa shape index (κ3) is 3.10. The molecule has 0 atom stereocenters. The van der Waals surface area contributed by atoms with Gasteiger partial charge in [-0.15, -0.1) is 0 Å². The zero-order chi connectivity index (χ0) is 14.5. The molecule has 5 heteroatoms. The van der Waals surface area contributed by atoms with Gasteiger partial charge in [0, 0.05) is 12.6 Å². The summed E-state index contributed by atoms with van der Waals surface area (Å²) in [5.74, 6) is -1.68. The van der Waals surface area contributed by atoms with E-state index in [2.05, 4.69) is 0 Å². The number of anilines is 1. The normalized spacial score (nSPS) is 16.1. The first-order valence-electron chi connectivity index (χ1n) is 7.04. The van der Waals surface area contributed by atoms with E-state index in [9.17, 15) is 19.4 Å². The van der Waals surface area contributed by atoms with Crippen molar-refractivity contribution in [3.63, 3.8) is 0 Å². The first-order valence-corrected chi connectivity index (χ1v) is 7.04. The zero-order valence-electron chi connectivity index (χ0n) is 11.4. The molecule has 2 rings (SSSR count). The van der Waals surface area contributed by atoms with E-state index in [4.69, 9.17) is 0 Å². The fraction of sp³-hybridized carbons (Fsp3) is 0.533. The van der Waals surface area contributed by atoms with Crippen LogP contribution in [0.1, 0.15) is 42.5 Å². The molecule has 1 saturated carbocycles. The highest BCUT2D eigenvalue weighted by Crippen LogP contribution is 2.31. The zero-order valence-corrected chi connectivity index (χ0v) is 11.4. The molecule has 0 saturated heterocycles. The molecule has 0 bridgehead atoms. The van der Waals surface area contributed by atoms with Crippen LogP contribution in [0.15, 0.2) is 18.2 Å². The Labute approximate surface area is 117 Å². The first-order chi connectivity index (χ1) is 9.65. The van der Waals surface area contributed by atoms with Crippen molar-refractivity contribution in [1.29, 1.82) is 0 Å². The van der Waals surface area contributed by atoms with E-state index in [-0.39, 0.29) is 30.4 Å². The summed E-state index contributed by atoms with van der Waals surface area (Å²) >= 11 is 0. The summed E-state index contributed by atoms with van der Waals surface area (Å²) in [5, 5.41) is 18.5. The van der Waals surface area contributed by atoms with E-state index in [1.165, 1.54) is 18.2 Å². The average Bonchev–Trinajstić information content (AvgIpc) is 2.46. The number of rotatable bonds is 5. The summed E-state index contributed by atoms with van der Waals surface area (Å²) in [4.78, 5) is 13.0. The molecule has 0 unspecified atom stereocenters. The number of carboxylic acid groups (broad SMARTS) is 1. The number of aliphatic hydroxyl groups is 1. The van der Waals surface area contributed by atoms with Crippen molar-refractivity contribution in [2.24, 2.45) is 0 Å². The SMILES string of the molecule is O=C(O)c1cccc(F)c1N(CCO)C1CCCCC1. The molecule has 1 aliphatic carbocycles. The number of benzene rings is 1. The number of aromatic carboxylic acids is 1. The van der Waals surface area contributed by atoms with Gasteiger partial charge in [-0.05, 0) is 25.0 Å². The summed E-state index contributed by atoms with van der Waals surface area (Å²) in [6.45, 7) is 0.135. The number of hydrogen-bond acceptors (Lipinski definition) is 3. The molecule has 2 N–H and O–H groups in total. The van der Waals surface area contributed by atoms with Crippen molar-refractivity contribution >= 4 is 11.7 Å². The lowest BCUT2D eigenvalue weighted by molar-refractivity contribution is 0.0696. The Kier molecular flexibility index (Phi) is 4.95. The van der Waals surface area contributed by atoms with Crippen molar-refractivity contribution in [1.82, 2.24) is 0 Å². The smallest absolute Gasteiger partial charge is 0.337 e. The maximum absolute atomic E-state index is 14.2. The summed E-state index contributed by atoms with van der Waals surface area (Å²) in [5.41, 5.74) is 0.0740. The van der Waals surface area contributed by atoms with Crippen LogP contribution in [0.2, 0.25) is 0 Å². The molecule has 0 aromatic heterocycles. The van der Waals surface area contributed by atoms with Gasteiger partial charge in [-0.1, -0.05) is 25.3 Å². The van der Waals surface area contributed by atoms with Gasteiger partial charge >= 0.3 is 5.97 Å². The van der Waals surface area contributed by atoms with Crippen LogP contribution >= 0.6 is 0 Å². The van der Waals surface area contributed by atoms with Crippen molar-refractivity contribution in [2.75, 3.05) is 18.1 Å². The lowest BCUT2D eigenvalue weighted by Gasteiger charge is -2.36. The predicted octanol–water partition coefficient (Wildman–Crippen LogP) is 2.66. The standard InChI is InChI=1S/C15H20FNO3/c16-13-8-4-7-12(15(19)20)14(13)17(9-10-18)11-5-2-1-3-6-11/h4,7-8,11,18H,1-3,5-6,9-10H2,(H,19,20). The van der Waals surface area contributed by atoms with Crippen molar-refractivity contribution in [3.8, 4) is 0 Å². The minimum Gasteiger partial charge on any atom is -0.478 e. The van der Waals surface area contributed by atoms with Gasteiger partial charge in [0.2, 0.25) is 0 Å².